The van der Waals surface area contributed by atoms with Gasteiger partial charge in [-0.05, 0) is 56.0 Å². The van der Waals surface area contributed by atoms with Crippen LogP contribution in [0.15, 0.2) is 53.9 Å². The van der Waals surface area contributed by atoms with Crippen LogP contribution in [0.3, 0.4) is 0 Å². The lowest BCUT2D eigenvalue weighted by Crippen LogP contribution is -2.33. The van der Waals surface area contributed by atoms with E-state index in [1.165, 1.54) is 11.8 Å². The lowest BCUT2D eigenvalue weighted by Gasteiger charge is -2.15. The Morgan fingerprint density at radius 2 is 1.91 bits per heavy atom. The van der Waals surface area contributed by atoms with Crippen molar-refractivity contribution in [1.29, 1.82) is 0 Å². The molecule has 1 saturated carbocycles. The highest BCUT2D eigenvalue weighted by Crippen LogP contribution is 2.24. The Bertz CT molecular complexity index is 1120. The van der Waals surface area contributed by atoms with Crippen LogP contribution in [0, 0.1) is 13.8 Å². The zero-order chi connectivity index (χ0) is 22.5. The third kappa shape index (κ3) is 5.19. The van der Waals surface area contributed by atoms with Crippen molar-refractivity contribution in [3.05, 3.63) is 65.5 Å². The number of amides is 2. The van der Waals surface area contributed by atoms with E-state index < -0.39 is 0 Å². The summed E-state index contributed by atoms with van der Waals surface area (Å²) in [4.78, 5) is 25.4. The van der Waals surface area contributed by atoms with E-state index in [0.717, 1.165) is 42.5 Å². The fraction of sp³-hybridized carbons (Fsp3) is 0.333. The molecule has 0 bridgehead atoms. The van der Waals surface area contributed by atoms with Crippen LogP contribution >= 0.6 is 11.8 Å². The molecule has 2 amide bonds. The number of anilines is 1. The first-order valence-electron chi connectivity index (χ1n) is 10.8. The Labute approximate surface area is 192 Å². The number of thioether (sulfide) groups is 1. The molecule has 0 atom stereocenters. The largest absolute Gasteiger partial charge is 0.349 e. The van der Waals surface area contributed by atoms with E-state index in [1.54, 1.807) is 24.5 Å². The van der Waals surface area contributed by atoms with Crippen molar-refractivity contribution in [2.24, 2.45) is 0 Å². The number of aromatic nitrogens is 3. The minimum absolute atomic E-state index is 0.143. The predicted octanol–water partition coefficient (Wildman–Crippen LogP) is 4.29. The monoisotopic (exact) mass is 449 g/mol. The summed E-state index contributed by atoms with van der Waals surface area (Å²) < 4.78 is 1.89. The number of nitrogens with one attached hydrogen (secondary N) is 2. The fourth-order valence-electron chi connectivity index (χ4n) is 3.91. The van der Waals surface area contributed by atoms with E-state index >= 15 is 0 Å². The number of rotatable bonds is 7. The molecule has 1 aliphatic rings. The summed E-state index contributed by atoms with van der Waals surface area (Å²) in [5, 5.41) is 14.8. The van der Waals surface area contributed by atoms with Gasteiger partial charge in [0.1, 0.15) is 6.33 Å². The average Bonchev–Trinajstić information content (AvgIpc) is 3.46. The topological polar surface area (TPSA) is 88.9 Å². The van der Waals surface area contributed by atoms with E-state index in [2.05, 4.69) is 39.0 Å². The molecule has 7 nitrogen and oxygen atoms in total. The second kappa shape index (κ2) is 9.99. The molecule has 0 unspecified atom stereocenters. The minimum Gasteiger partial charge on any atom is -0.349 e. The van der Waals surface area contributed by atoms with Crippen LogP contribution in [0.4, 0.5) is 5.69 Å². The van der Waals surface area contributed by atoms with Gasteiger partial charge in [0.05, 0.1) is 22.7 Å². The van der Waals surface area contributed by atoms with Gasteiger partial charge in [-0.1, -0.05) is 48.9 Å². The molecule has 1 aliphatic carbocycles. The summed E-state index contributed by atoms with van der Waals surface area (Å²) >= 11 is 1.31. The number of carbonyl (C=O) groups is 2. The molecule has 0 saturated heterocycles. The van der Waals surface area contributed by atoms with Gasteiger partial charge in [0.15, 0.2) is 5.16 Å². The summed E-state index contributed by atoms with van der Waals surface area (Å²) in [7, 11) is 0. The van der Waals surface area contributed by atoms with Crippen LogP contribution in [0.2, 0.25) is 0 Å². The lowest BCUT2D eigenvalue weighted by atomic mass is 10.1. The molecule has 1 aromatic heterocycles. The second-order valence-electron chi connectivity index (χ2n) is 8.11. The van der Waals surface area contributed by atoms with Gasteiger partial charge in [-0.3, -0.25) is 14.2 Å². The molecule has 166 valence electrons. The van der Waals surface area contributed by atoms with Crippen molar-refractivity contribution in [1.82, 2.24) is 20.1 Å². The molecule has 8 heteroatoms. The van der Waals surface area contributed by atoms with Crippen LogP contribution in [0.25, 0.3) is 5.69 Å². The molecule has 4 rings (SSSR count). The maximum Gasteiger partial charge on any atom is 0.253 e. The van der Waals surface area contributed by atoms with Gasteiger partial charge in [-0.2, -0.15) is 0 Å². The molecular formula is C24H27N5O2S. The van der Waals surface area contributed by atoms with Gasteiger partial charge in [0, 0.05) is 6.04 Å². The van der Waals surface area contributed by atoms with Gasteiger partial charge in [-0.15, -0.1) is 10.2 Å². The summed E-state index contributed by atoms with van der Waals surface area (Å²) in [6.07, 6.45) is 5.97. The van der Waals surface area contributed by atoms with Gasteiger partial charge in [-0.25, -0.2) is 0 Å². The second-order valence-corrected chi connectivity index (χ2v) is 9.05. The van der Waals surface area contributed by atoms with Gasteiger partial charge in [0.25, 0.3) is 5.91 Å². The molecule has 0 aliphatic heterocycles. The first-order chi connectivity index (χ1) is 15.5. The van der Waals surface area contributed by atoms with Gasteiger partial charge < -0.3 is 10.6 Å². The summed E-state index contributed by atoms with van der Waals surface area (Å²) in [6, 6.07) is 13.5. The highest BCUT2D eigenvalue weighted by Gasteiger charge is 2.20. The number of hydrogen-bond donors (Lipinski definition) is 2. The van der Waals surface area contributed by atoms with Crippen molar-refractivity contribution >= 4 is 29.3 Å². The predicted molar refractivity (Wildman–Crippen MR) is 126 cm³/mol. The zero-order valence-corrected chi connectivity index (χ0v) is 19.1. The van der Waals surface area contributed by atoms with Crippen molar-refractivity contribution in [2.45, 2.75) is 50.7 Å². The molecule has 0 radical (unpaired) electrons. The van der Waals surface area contributed by atoms with E-state index in [9.17, 15) is 9.59 Å². The van der Waals surface area contributed by atoms with E-state index in [1.807, 2.05) is 24.5 Å². The molecule has 2 aromatic carbocycles. The molecular weight excluding hydrogens is 422 g/mol. The summed E-state index contributed by atoms with van der Waals surface area (Å²) in [5.74, 6) is -0.191. The maximum absolute atomic E-state index is 12.7. The maximum atomic E-state index is 12.7. The average molecular weight is 450 g/mol. The van der Waals surface area contributed by atoms with E-state index in [4.69, 9.17) is 0 Å². The van der Waals surface area contributed by atoms with Crippen LogP contribution in [0.5, 0.6) is 0 Å². The van der Waals surface area contributed by atoms with Gasteiger partial charge >= 0.3 is 0 Å². The Kier molecular flexibility index (Phi) is 6.90. The highest BCUT2D eigenvalue weighted by atomic mass is 32.2. The molecule has 1 heterocycles. The number of para-hydroxylation sites is 1. The summed E-state index contributed by atoms with van der Waals surface area (Å²) in [5.41, 5.74) is 4.23. The quantitative estimate of drug-likeness (QED) is 0.526. The third-order valence-electron chi connectivity index (χ3n) is 5.61. The SMILES string of the molecule is Cc1ccc(C)c(-n2cnnc2SCC(=O)Nc2ccccc2C(=O)NC2CCCC2)c1. The Balaban J connectivity index is 1.41. The molecule has 32 heavy (non-hydrogen) atoms. The first kappa shape index (κ1) is 22.1. The van der Waals surface area contributed by atoms with Crippen LogP contribution in [-0.2, 0) is 4.79 Å². The van der Waals surface area contributed by atoms with Crippen LogP contribution in [0.1, 0.15) is 47.2 Å². The molecule has 2 N–H and O–H groups in total. The van der Waals surface area contributed by atoms with Crippen LogP contribution < -0.4 is 10.6 Å². The Hall–Kier alpha value is -3.13. The molecule has 0 spiro atoms. The van der Waals surface area contributed by atoms with Crippen LogP contribution in [-0.4, -0.2) is 38.4 Å². The number of carbonyl (C=O) groups excluding carboxylic acids is 2. The van der Waals surface area contributed by atoms with Crippen molar-refractivity contribution in [3.63, 3.8) is 0 Å². The smallest absolute Gasteiger partial charge is 0.253 e. The van der Waals surface area contributed by atoms with E-state index in [-0.39, 0.29) is 23.6 Å². The zero-order valence-electron chi connectivity index (χ0n) is 18.3. The van der Waals surface area contributed by atoms with E-state index in [0.29, 0.717) is 16.4 Å². The number of hydrogen-bond acceptors (Lipinski definition) is 5. The Morgan fingerprint density at radius 1 is 1.12 bits per heavy atom. The van der Waals surface area contributed by atoms with Crippen molar-refractivity contribution in [3.8, 4) is 5.69 Å². The standard InChI is InChI=1S/C24H27N5O2S/c1-16-11-12-17(2)21(13-16)29-15-25-28-24(29)32-14-22(30)27-20-10-6-5-9-19(20)23(31)26-18-7-3-4-8-18/h5-6,9-13,15,18H,3-4,7-8,14H2,1-2H3,(H,26,31)(H,27,30). The molecule has 1 fully saturated rings. The third-order valence-corrected chi connectivity index (χ3v) is 6.55. The number of aryl methyl sites for hydroxylation is 2. The highest BCUT2D eigenvalue weighted by molar-refractivity contribution is 7.99. The summed E-state index contributed by atoms with van der Waals surface area (Å²) in [6.45, 7) is 4.07. The molecule has 3 aromatic rings. The fourth-order valence-corrected chi connectivity index (χ4v) is 4.63. The first-order valence-corrected chi connectivity index (χ1v) is 11.8. The number of benzene rings is 2. The van der Waals surface area contributed by atoms with Gasteiger partial charge in [0.2, 0.25) is 5.91 Å². The lowest BCUT2D eigenvalue weighted by molar-refractivity contribution is -0.113. The number of nitrogens with zero attached hydrogens (tertiary/aromatic N) is 3. The normalized spacial score (nSPS) is 13.8. The Morgan fingerprint density at radius 3 is 2.72 bits per heavy atom. The minimum atomic E-state index is -0.202. The van der Waals surface area contributed by atoms with Crippen molar-refractivity contribution in [2.75, 3.05) is 11.1 Å². The van der Waals surface area contributed by atoms with Crippen molar-refractivity contribution < 1.29 is 9.59 Å².